The lowest BCUT2D eigenvalue weighted by atomic mass is 10.0. The quantitative estimate of drug-likeness (QED) is 0.923. The second-order valence-electron chi connectivity index (χ2n) is 5.08. The van der Waals surface area contributed by atoms with E-state index in [-0.39, 0.29) is 6.04 Å². The van der Waals surface area contributed by atoms with Crippen molar-refractivity contribution in [1.29, 1.82) is 0 Å². The van der Waals surface area contributed by atoms with E-state index in [4.69, 9.17) is 10.5 Å². The molecular weight excluding hydrogens is 250 g/mol. The van der Waals surface area contributed by atoms with Crippen LogP contribution in [0.15, 0.2) is 42.7 Å². The van der Waals surface area contributed by atoms with Gasteiger partial charge in [0.1, 0.15) is 5.75 Å². The molecule has 2 N–H and O–H groups in total. The van der Waals surface area contributed by atoms with Crippen molar-refractivity contribution < 1.29 is 4.74 Å². The highest BCUT2D eigenvalue weighted by Gasteiger charge is 2.29. The zero-order chi connectivity index (χ0) is 13.9. The molecule has 1 aliphatic heterocycles. The highest BCUT2D eigenvalue weighted by molar-refractivity contribution is 5.40. The van der Waals surface area contributed by atoms with Crippen molar-refractivity contribution in [3.63, 3.8) is 0 Å². The van der Waals surface area contributed by atoms with Crippen molar-refractivity contribution in [3.05, 3.63) is 59.4 Å². The van der Waals surface area contributed by atoms with Gasteiger partial charge in [-0.25, -0.2) is 0 Å². The SMILES string of the molecule is COc1ccc2c(c1)C(CN)N(Cc1cccnc1)C2. The highest BCUT2D eigenvalue weighted by Crippen LogP contribution is 2.36. The molecule has 20 heavy (non-hydrogen) atoms. The third-order valence-electron chi connectivity index (χ3n) is 3.86. The minimum absolute atomic E-state index is 0.250. The monoisotopic (exact) mass is 269 g/mol. The average Bonchev–Trinajstić information content (AvgIpc) is 2.84. The average molecular weight is 269 g/mol. The van der Waals surface area contributed by atoms with Crippen LogP contribution in [0.25, 0.3) is 0 Å². The summed E-state index contributed by atoms with van der Waals surface area (Å²) in [4.78, 5) is 6.57. The van der Waals surface area contributed by atoms with Crippen LogP contribution in [0.2, 0.25) is 0 Å². The third-order valence-corrected chi connectivity index (χ3v) is 3.86. The van der Waals surface area contributed by atoms with Gasteiger partial charge in [0.05, 0.1) is 7.11 Å². The molecule has 4 heteroatoms. The van der Waals surface area contributed by atoms with Crippen molar-refractivity contribution in [2.75, 3.05) is 13.7 Å². The molecular formula is C16H19N3O. The molecule has 0 radical (unpaired) electrons. The minimum atomic E-state index is 0.250. The molecule has 1 unspecified atom stereocenters. The Balaban J connectivity index is 1.85. The van der Waals surface area contributed by atoms with Crippen LogP contribution in [0, 0.1) is 0 Å². The van der Waals surface area contributed by atoms with E-state index >= 15 is 0 Å². The first-order valence-electron chi connectivity index (χ1n) is 6.81. The van der Waals surface area contributed by atoms with Crippen molar-refractivity contribution in [1.82, 2.24) is 9.88 Å². The Bertz CT molecular complexity index is 586. The summed E-state index contributed by atoms with van der Waals surface area (Å²) in [5.41, 5.74) is 9.83. The second kappa shape index (κ2) is 5.61. The predicted octanol–water partition coefficient (Wildman–Crippen LogP) is 2.11. The molecule has 0 saturated heterocycles. The molecule has 0 saturated carbocycles. The van der Waals surface area contributed by atoms with Crippen LogP contribution in [-0.4, -0.2) is 23.5 Å². The molecule has 1 aromatic heterocycles. The molecule has 3 rings (SSSR count). The van der Waals surface area contributed by atoms with Gasteiger partial charge in [0.2, 0.25) is 0 Å². The third kappa shape index (κ3) is 2.40. The largest absolute Gasteiger partial charge is 0.497 e. The van der Waals surface area contributed by atoms with Crippen molar-refractivity contribution in [2.24, 2.45) is 5.73 Å². The first-order chi connectivity index (χ1) is 9.81. The van der Waals surface area contributed by atoms with Crippen LogP contribution in [-0.2, 0) is 13.1 Å². The van der Waals surface area contributed by atoms with Gasteiger partial charge in [0, 0.05) is 38.1 Å². The second-order valence-corrected chi connectivity index (χ2v) is 5.08. The molecule has 1 atom stereocenters. The summed E-state index contributed by atoms with van der Waals surface area (Å²) in [6.45, 7) is 2.41. The molecule has 4 nitrogen and oxygen atoms in total. The number of hydrogen-bond acceptors (Lipinski definition) is 4. The first kappa shape index (κ1) is 13.1. The van der Waals surface area contributed by atoms with Crippen LogP contribution in [0.5, 0.6) is 5.75 Å². The Labute approximate surface area is 119 Å². The van der Waals surface area contributed by atoms with E-state index in [9.17, 15) is 0 Å². The Morgan fingerprint density at radius 3 is 3.00 bits per heavy atom. The number of rotatable bonds is 4. The van der Waals surface area contributed by atoms with Crippen LogP contribution in [0.3, 0.4) is 0 Å². The maximum absolute atomic E-state index is 5.99. The van der Waals surface area contributed by atoms with Gasteiger partial charge in [-0.15, -0.1) is 0 Å². The fourth-order valence-electron chi connectivity index (χ4n) is 2.85. The van der Waals surface area contributed by atoms with E-state index < -0.39 is 0 Å². The summed E-state index contributed by atoms with van der Waals surface area (Å²) in [6.07, 6.45) is 3.71. The van der Waals surface area contributed by atoms with Crippen molar-refractivity contribution in [3.8, 4) is 5.75 Å². The number of hydrogen-bond donors (Lipinski definition) is 1. The van der Waals surface area contributed by atoms with Crippen LogP contribution < -0.4 is 10.5 Å². The summed E-state index contributed by atoms with van der Waals surface area (Å²) in [5.74, 6) is 0.894. The van der Waals surface area contributed by atoms with E-state index in [0.717, 1.165) is 18.8 Å². The maximum atomic E-state index is 5.99. The molecule has 1 aromatic carbocycles. The standard InChI is InChI=1S/C16H19N3O/c1-20-14-5-4-13-11-19(16(8-17)15(13)7-14)10-12-3-2-6-18-9-12/h2-7,9,16H,8,10-11,17H2,1H3. The Hall–Kier alpha value is -1.91. The van der Waals surface area contributed by atoms with Gasteiger partial charge in [-0.05, 0) is 34.9 Å². The van der Waals surface area contributed by atoms with E-state index in [0.29, 0.717) is 6.54 Å². The van der Waals surface area contributed by atoms with Crippen LogP contribution in [0.4, 0.5) is 0 Å². The van der Waals surface area contributed by atoms with Crippen LogP contribution in [0.1, 0.15) is 22.7 Å². The van der Waals surface area contributed by atoms with Gasteiger partial charge < -0.3 is 10.5 Å². The number of aromatic nitrogens is 1. The fourth-order valence-corrected chi connectivity index (χ4v) is 2.85. The van der Waals surface area contributed by atoms with E-state index in [1.165, 1.54) is 16.7 Å². The number of ether oxygens (including phenoxy) is 1. The Kier molecular flexibility index (Phi) is 3.67. The molecule has 0 aliphatic carbocycles. The number of nitrogens with zero attached hydrogens (tertiary/aromatic N) is 2. The zero-order valence-corrected chi connectivity index (χ0v) is 11.6. The summed E-state index contributed by atoms with van der Waals surface area (Å²) in [7, 11) is 1.70. The molecule has 0 fully saturated rings. The Morgan fingerprint density at radius 2 is 2.30 bits per heavy atom. The maximum Gasteiger partial charge on any atom is 0.119 e. The van der Waals surface area contributed by atoms with Crippen molar-refractivity contribution >= 4 is 0 Å². The lowest BCUT2D eigenvalue weighted by Gasteiger charge is -2.23. The summed E-state index contributed by atoms with van der Waals surface area (Å²) in [5, 5.41) is 0. The molecule has 0 amide bonds. The van der Waals surface area contributed by atoms with Crippen LogP contribution >= 0.6 is 0 Å². The number of fused-ring (bicyclic) bond motifs is 1. The highest BCUT2D eigenvalue weighted by atomic mass is 16.5. The summed E-state index contributed by atoms with van der Waals surface area (Å²) >= 11 is 0. The van der Waals surface area contributed by atoms with Gasteiger partial charge in [0.15, 0.2) is 0 Å². The molecule has 0 spiro atoms. The topological polar surface area (TPSA) is 51.4 Å². The van der Waals surface area contributed by atoms with E-state index in [2.05, 4.69) is 28.1 Å². The molecule has 1 aliphatic rings. The lowest BCUT2D eigenvalue weighted by molar-refractivity contribution is 0.210. The normalized spacial score (nSPS) is 18.0. The van der Waals surface area contributed by atoms with Gasteiger partial charge in [-0.2, -0.15) is 0 Å². The molecule has 104 valence electrons. The number of methoxy groups -OCH3 is 1. The van der Waals surface area contributed by atoms with E-state index in [1.807, 2.05) is 18.3 Å². The summed E-state index contributed by atoms with van der Waals surface area (Å²) < 4.78 is 5.32. The van der Waals surface area contributed by atoms with Crippen molar-refractivity contribution in [2.45, 2.75) is 19.1 Å². The van der Waals surface area contributed by atoms with Gasteiger partial charge in [0.25, 0.3) is 0 Å². The number of nitrogens with two attached hydrogens (primary N) is 1. The summed E-state index contributed by atoms with van der Waals surface area (Å²) in [6, 6.07) is 10.6. The van der Waals surface area contributed by atoms with Gasteiger partial charge in [-0.1, -0.05) is 12.1 Å². The Morgan fingerprint density at radius 1 is 1.40 bits per heavy atom. The van der Waals surface area contributed by atoms with Gasteiger partial charge >= 0.3 is 0 Å². The smallest absolute Gasteiger partial charge is 0.119 e. The molecule has 2 heterocycles. The lowest BCUT2D eigenvalue weighted by Crippen LogP contribution is -2.27. The fraction of sp³-hybridized carbons (Fsp3) is 0.312. The van der Waals surface area contributed by atoms with Gasteiger partial charge in [-0.3, -0.25) is 9.88 Å². The predicted molar refractivity (Wildman–Crippen MR) is 78.3 cm³/mol. The number of benzene rings is 1. The zero-order valence-electron chi connectivity index (χ0n) is 11.6. The minimum Gasteiger partial charge on any atom is -0.497 e. The van der Waals surface area contributed by atoms with E-state index in [1.54, 1.807) is 13.3 Å². The number of pyridine rings is 1. The molecule has 0 bridgehead atoms. The first-order valence-corrected chi connectivity index (χ1v) is 6.81. The molecule has 2 aromatic rings.